The summed E-state index contributed by atoms with van der Waals surface area (Å²) in [5, 5.41) is 0. The van der Waals surface area contributed by atoms with E-state index in [-0.39, 0.29) is 4.21 Å². The van der Waals surface area contributed by atoms with E-state index >= 15 is 0 Å². The van der Waals surface area contributed by atoms with Crippen LogP contribution in [-0.2, 0) is 10.0 Å². The molecule has 2 rings (SSSR count). The van der Waals surface area contributed by atoms with Crippen LogP contribution in [0.25, 0.3) is 0 Å². The molecule has 6 nitrogen and oxygen atoms in total. The Balaban J connectivity index is 2.45. The molecule has 0 amide bonds. The van der Waals surface area contributed by atoms with E-state index in [9.17, 15) is 13.2 Å². The summed E-state index contributed by atoms with van der Waals surface area (Å²) in [5.41, 5.74) is 7.57. The highest BCUT2D eigenvalue weighted by atomic mass is 32.2. The van der Waals surface area contributed by atoms with Crippen molar-refractivity contribution in [3.05, 3.63) is 39.1 Å². The Bertz CT molecular complexity index is 775. The van der Waals surface area contributed by atoms with E-state index in [1.165, 1.54) is 6.07 Å². The molecule has 0 atom stereocenters. The number of aromatic nitrogens is 1. The SMILES string of the molecule is Cc1ccc(N)cc1NS(=O)(=O)c1sc(=O)[nH]c1C. The molecule has 0 unspecified atom stereocenters. The number of nitrogens with one attached hydrogen (secondary N) is 2. The van der Waals surface area contributed by atoms with E-state index in [1.54, 1.807) is 26.0 Å². The number of rotatable bonds is 3. The van der Waals surface area contributed by atoms with Crippen molar-refractivity contribution in [2.45, 2.75) is 18.1 Å². The van der Waals surface area contributed by atoms with Crippen LogP contribution in [-0.4, -0.2) is 13.4 Å². The Morgan fingerprint density at radius 1 is 1.32 bits per heavy atom. The third-order valence-electron chi connectivity index (χ3n) is 2.53. The van der Waals surface area contributed by atoms with Gasteiger partial charge in [0.2, 0.25) is 0 Å². The normalized spacial score (nSPS) is 11.5. The number of nitrogen functional groups attached to an aromatic ring is 1. The summed E-state index contributed by atoms with van der Waals surface area (Å²) in [6.45, 7) is 3.31. The maximum absolute atomic E-state index is 12.2. The van der Waals surface area contributed by atoms with E-state index in [0.717, 1.165) is 5.56 Å². The van der Waals surface area contributed by atoms with Gasteiger partial charge in [-0.1, -0.05) is 17.4 Å². The van der Waals surface area contributed by atoms with Crippen LogP contribution in [0, 0.1) is 13.8 Å². The first-order valence-corrected chi connectivity index (χ1v) is 7.68. The molecule has 2 aromatic rings. The van der Waals surface area contributed by atoms with Gasteiger partial charge in [0.1, 0.15) is 0 Å². The standard InChI is InChI=1S/C11H13N3O3S2/c1-6-3-4-8(12)5-9(6)14-19(16,17)10-7(2)13-11(15)18-10/h3-5,14H,12H2,1-2H3,(H,13,15). The molecule has 1 aromatic carbocycles. The number of aryl methyl sites for hydroxylation is 2. The number of thiazole rings is 1. The van der Waals surface area contributed by atoms with Crippen molar-refractivity contribution >= 4 is 32.7 Å². The highest BCUT2D eigenvalue weighted by molar-refractivity contribution is 7.94. The topological polar surface area (TPSA) is 105 Å². The molecule has 0 aliphatic rings. The van der Waals surface area contributed by atoms with Gasteiger partial charge in [0, 0.05) is 11.4 Å². The highest BCUT2D eigenvalue weighted by Gasteiger charge is 2.21. The fourth-order valence-electron chi connectivity index (χ4n) is 1.59. The predicted octanol–water partition coefficient (Wildman–Crippen LogP) is 1.44. The average Bonchev–Trinajstić information content (AvgIpc) is 2.63. The van der Waals surface area contributed by atoms with Crippen LogP contribution >= 0.6 is 11.3 Å². The number of benzene rings is 1. The summed E-state index contributed by atoms with van der Waals surface area (Å²) in [6, 6.07) is 4.95. The van der Waals surface area contributed by atoms with Gasteiger partial charge in [0.15, 0.2) is 4.21 Å². The maximum atomic E-state index is 12.2. The first kappa shape index (κ1) is 13.6. The molecular weight excluding hydrogens is 286 g/mol. The summed E-state index contributed by atoms with van der Waals surface area (Å²) in [5.74, 6) is 0. The Morgan fingerprint density at radius 2 is 2.00 bits per heavy atom. The molecule has 0 fully saturated rings. The molecule has 1 heterocycles. The summed E-state index contributed by atoms with van der Waals surface area (Å²) >= 11 is 0.658. The van der Waals surface area contributed by atoms with Gasteiger partial charge in [-0.05, 0) is 31.5 Å². The first-order chi connectivity index (χ1) is 8.79. The summed E-state index contributed by atoms with van der Waals surface area (Å²) in [4.78, 5) is 13.2. The number of nitrogens with two attached hydrogens (primary N) is 1. The summed E-state index contributed by atoms with van der Waals surface area (Å²) in [7, 11) is -3.78. The van der Waals surface area contributed by atoms with Crippen LogP contribution in [0.15, 0.2) is 27.2 Å². The number of hydrogen-bond donors (Lipinski definition) is 3. The Labute approximate surface area is 114 Å². The van der Waals surface area contributed by atoms with Gasteiger partial charge in [0.25, 0.3) is 10.0 Å². The predicted molar refractivity (Wildman–Crippen MR) is 76.1 cm³/mol. The van der Waals surface area contributed by atoms with Crippen molar-refractivity contribution in [2.24, 2.45) is 0 Å². The number of aromatic amines is 1. The molecule has 8 heteroatoms. The van der Waals surface area contributed by atoms with Gasteiger partial charge in [-0.3, -0.25) is 9.52 Å². The molecule has 0 aliphatic carbocycles. The lowest BCUT2D eigenvalue weighted by atomic mass is 10.2. The van der Waals surface area contributed by atoms with Crippen LogP contribution in [0.5, 0.6) is 0 Å². The molecule has 1 aromatic heterocycles. The first-order valence-electron chi connectivity index (χ1n) is 5.38. The molecule has 0 radical (unpaired) electrons. The van der Waals surface area contributed by atoms with Crippen LogP contribution in [0.4, 0.5) is 11.4 Å². The van der Waals surface area contributed by atoms with Crippen molar-refractivity contribution in [1.29, 1.82) is 0 Å². The lowest BCUT2D eigenvalue weighted by Crippen LogP contribution is -2.13. The highest BCUT2D eigenvalue weighted by Crippen LogP contribution is 2.24. The monoisotopic (exact) mass is 299 g/mol. The van der Waals surface area contributed by atoms with Crippen LogP contribution in [0.1, 0.15) is 11.3 Å². The third kappa shape index (κ3) is 2.79. The minimum atomic E-state index is -3.78. The van der Waals surface area contributed by atoms with Crippen molar-refractivity contribution in [3.8, 4) is 0 Å². The second kappa shape index (κ2) is 4.71. The van der Waals surface area contributed by atoms with Crippen molar-refractivity contribution in [3.63, 3.8) is 0 Å². The van der Waals surface area contributed by atoms with E-state index in [0.29, 0.717) is 28.4 Å². The minimum Gasteiger partial charge on any atom is -0.399 e. The zero-order valence-electron chi connectivity index (χ0n) is 10.4. The molecule has 102 valence electrons. The van der Waals surface area contributed by atoms with Crippen LogP contribution in [0.3, 0.4) is 0 Å². The molecule has 0 bridgehead atoms. The van der Waals surface area contributed by atoms with Crippen molar-refractivity contribution in [1.82, 2.24) is 4.98 Å². The van der Waals surface area contributed by atoms with Gasteiger partial charge in [0.05, 0.1) is 5.69 Å². The van der Waals surface area contributed by atoms with Crippen molar-refractivity contribution < 1.29 is 8.42 Å². The lowest BCUT2D eigenvalue weighted by molar-refractivity contribution is 0.602. The zero-order chi connectivity index (χ0) is 14.2. The molecular formula is C11H13N3O3S2. The number of hydrogen-bond acceptors (Lipinski definition) is 5. The van der Waals surface area contributed by atoms with Gasteiger partial charge in [-0.2, -0.15) is 0 Å². The molecule has 0 aliphatic heterocycles. The van der Waals surface area contributed by atoms with Crippen LogP contribution in [0.2, 0.25) is 0 Å². The fourth-order valence-corrected chi connectivity index (χ4v) is 4.01. The minimum absolute atomic E-state index is 0.0145. The van der Waals surface area contributed by atoms with E-state index in [1.807, 2.05) is 0 Å². The zero-order valence-corrected chi connectivity index (χ0v) is 12.0. The van der Waals surface area contributed by atoms with E-state index < -0.39 is 14.9 Å². The third-order valence-corrected chi connectivity index (χ3v) is 5.50. The second-order valence-corrected chi connectivity index (χ2v) is 6.97. The van der Waals surface area contributed by atoms with Gasteiger partial charge in [-0.15, -0.1) is 0 Å². The second-order valence-electron chi connectivity index (χ2n) is 4.11. The van der Waals surface area contributed by atoms with E-state index in [2.05, 4.69) is 9.71 Å². The Morgan fingerprint density at radius 3 is 2.58 bits per heavy atom. The van der Waals surface area contributed by atoms with Crippen LogP contribution < -0.4 is 15.3 Å². The Kier molecular flexibility index (Phi) is 3.38. The van der Waals surface area contributed by atoms with Crippen molar-refractivity contribution in [2.75, 3.05) is 10.5 Å². The van der Waals surface area contributed by atoms with Gasteiger partial charge >= 0.3 is 4.87 Å². The van der Waals surface area contributed by atoms with Gasteiger partial charge in [-0.25, -0.2) is 8.42 Å². The smallest absolute Gasteiger partial charge is 0.306 e. The fraction of sp³-hybridized carbons (Fsp3) is 0.182. The molecule has 0 saturated carbocycles. The Hall–Kier alpha value is -1.80. The van der Waals surface area contributed by atoms with E-state index in [4.69, 9.17) is 5.73 Å². The molecule has 19 heavy (non-hydrogen) atoms. The molecule has 0 saturated heterocycles. The number of anilines is 2. The lowest BCUT2D eigenvalue weighted by Gasteiger charge is -2.10. The molecule has 0 spiro atoms. The van der Waals surface area contributed by atoms with Gasteiger partial charge < -0.3 is 10.7 Å². The number of H-pyrrole nitrogens is 1. The quantitative estimate of drug-likeness (QED) is 0.746. The average molecular weight is 299 g/mol. The maximum Gasteiger partial charge on any atom is 0.306 e. The molecule has 4 N–H and O–H groups in total. The number of sulfonamides is 1. The summed E-state index contributed by atoms with van der Waals surface area (Å²) < 4.78 is 26.8. The summed E-state index contributed by atoms with van der Waals surface area (Å²) in [6.07, 6.45) is 0. The largest absolute Gasteiger partial charge is 0.399 e.